The van der Waals surface area contributed by atoms with Crippen LogP contribution in [0.5, 0.6) is 11.5 Å². The van der Waals surface area contributed by atoms with E-state index < -0.39 is 11.4 Å². The Bertz CT molecular complexity index is 667. The summed E-state index contributed by atoms with van der Waals surface area (Å²) in [4.78, 5) is 11.7. The molecule has 2 aromatic rings. The standard InChI is InChI=1S/C15H17F2N3O3S/c1-2-22-10-6-3-4-7-11(10)23-9-5-8-12(21)18-15-20-19-14(24-15)13(16)17/h3-4,6-7,13H,2,5,8-9H2,1H3,(H,18,20,21). The maximum absolute atomic E-state index is 12.4. The number of nitrogens with zero attached hydrogens (tertiary/aromatic N) is 2. The Kier molecular flexibility index (Phi) is 6.86. The van der Waals surface area contributed by atoms with E-state index in [0.717, 1.165) is 0 Å². The fourth-order valence-electron chi connectivity index (χ4n) is 1.81. The van der Waals surface area contributed by atoms with Crippen LogP contribution in [-0.2, 0) is 4.79 Å². The van der Waals surface area contributed by atoms with Crippen molar-refractivity contribution >= 4 is 22.4 Å². The van der Waals surface area contributed by atoms with Crippen LogP contribution >= 0.6 is 11.3 Å². The van der Waals surface area contributed by atoms with Gasteiger partial charge in [-0.3, -0.25) is 4.79 Å². The Morgan fingerprint density at radius 2 is 1.96 bits per heavy atom. The molecule has 2 rings (SSSR count). The molecule has 0 aliphatic rings. The van der Waals surface area contributed by atoms with Crippen LogP contribution in [0.4, 0.5) is 13.9 Å². The van der Waals surface area contributed by atoms with Crippen LogP contribution in [0.15, 0.2) is 24.3 Å². The second-order valence-electron chi connectivity index (χ2n) is 4.63. The quantitative estimate of drug-likeness (QED) is 0.693. The highest BCUT2D eigenvalue weighted by Gasteiger charge is 2.15. The molecule has 0 saturated carbocycles. The predicted molar refractivity (Wildman–Crippen MR) is 85.8 cm³/mol. The normalized spacial score (nSPS) is 10.7. The van der Waals surface area contributed by atoms with E-state index in [1.807, 2.05) is 25.1 Å². The number of alkyl halides is 2. The number of amides is 1. The van der Waals surface area contributed by atoms with Crippen molar-refractivity contribution in [1.29, 1.82) is 0 Å². The lowest BCUT2D eigenvalue weighted by Gasteiger charge is -2.11. The van der Waals surface area contributed by atoms with Crippen LogP contribution in [0.1, 0.15) is 31.2 Å². The molecule has 9 heteroatoms. The minimum Gasteiger partial charge on any atom is -0.490 e. The average molecular weight is 357 g/mol. The highest BCUT2D eigenvalue weighted by Crippen LogP contribution is 2.27. The number of hydrogen-bond donors (Lipinski definition) is 1. The first-order chi connectivity index (χ1) is 11.6. The van der Waals surface area contributed by atoms with E-state index in [1.54, 1.807) is 6.07 Å². The van der Waals surface area contributed by atoms with Gasteiger partial charge in [0.2, 0.25) is 11.0 Å². The zero-order valence-electron chi connectivity index (χ0n) is 13.0. The zero-order valence-corrected chi connectivity index (χ0v) is 13.8. The number of benzene rings is 1. The number of para-hydroxylation sites is 2. The van der Waals surface area contributed by atoms with Crippen molar-refractivity contribution in [2.24, 2.45) is 0 Å². The molecule has 6 nitrogen and oxygen atoms in total. The van der Waals surface area contributed by atoms with Gasteiger partial charge in [0.05, 0.1) is 13.2 Å². The zero-order chi connectivity index (χ0) is 17.4. The van der Waals surface area contributed by atoms with Crippen molar-refractivity contribution in [3.05, 3.63) is 29.3 Å². The second kappa shape index (κ2) is 9.11. The first-order valence-corrected chi connectivity index (χ1v) is 8.17. The largest absolute Gasteiger partial charge is 0.490 e. The summed E-state index contributed by atoms with van der Waals surface area (Å²) in [5.74, 6) is 0.942. The molecular weight excluding hydrogens is 340 g/mol. The molecule has 1 aromatic heterocycles. The average Bonchev–Trinajstić information content (AvgIpc) is 3.02. The number of nitrogens with one attached hydrogen (secondary N) is 1. The lowest BCUT2D eigenvalue weighted by molar-refractivity contribution is -0.116. The van der Waals surface area contributed by atoms with Gasteiger partial charge in [0.25, 0.3) is 6.43 Å². The van der Waals surface area contributed by atoms with Crippen LogP contribution in [-0.4, -0.2) is 29.3 Å². The van der Waals surface area contributed by atoms with Crippen molar-refractivity contribution in [3.63, 3.8) is 0 Å². The number of carbonyl (C=O) groups is 1. The molecule has 0 radical (unpaired) electrons. The third-order valence-corrected chi connectivity index (χ3v) is 3.67. The van der Waals surface area contributed by atoms with Gasteiger partial charge in [-0.1, -0.05) is 23.5 Å². The predicted octanol–water partition coefficient (Wildman–Crippen LogP) is 3.67. The van der Waals surface area contributed by atoms with Gasteiger partial charge in [-0.25, -0.2) is 8.78 Å². The Morgan fingerprint density at radius 1 is 1.25 bits per heavy atom. The first-order valence-electron chi connectivity index (χ1n) is 7.36. The summed E-state index contributed by atoms with van der Waals surface area (Å²) in [5.41, 5.74) is 0. The highest BCUT2D eigenvalue weighted by molar-refractivity contribution is 7.15. The van der Waals surface area contributed by atoms with Crippen molar-refractivity contribution in [1.82, 2.24) is 10.2 Å². The molecule has 0 saturated heterocycles. The molecule has 0 unspecified atom stereocenters. The molecule has 1 heterocycles. The maximum atomic E-state index is 12.4. The third kappa shape index (κ3) is 5.41. The Morgan fingerprint density at radius 3 is 2.58 bits per heavy atom. The number of ether oxygens (including phenoxy) is 2. The lowest BCUT2D eigenvalue weighted by atomic mass is 10.3. The first kappa shape index (κ1) is 18.1. The summed E-state index contributed by atoms with van der Waals surface area (Å²) >= 11 is 0.661. The van der Waals surface area contributed by atoms with E-state index in [0.29, 0.717) is 42.5 Å². The number of halogens is 2. The fourth-order valence-corrected chi connectivity index (χ4v) is 2.43. The van der Waals surface area contributed by atoms with E-state index in [4.69, 9.17) is 9.47 Å². The van der Waals surface area contributed by atoms with Crippen molar-refractivity contribution < 1.29 is 23.0 Å². The molecule has 0 aliphatic heterocycles. The highest BCUT2D eigenvalue weighted by atomic mass is 32.1. The third-order valence-electron chi connectivity index (χ3n) is 2.83. The molecule has 0 atom stereocenters. The molecule has 0 aliphatic carbocycles. The summed E-state index contributed by atoms with van der Waals surface area (Å²) < 4.78 is 35.8. The molecule has 1 N–H and O–H groups in total. The molecular formula is C15H17F2N3O3S. The SMILES string of the molecule is CCOc1ccccc1OCCCC(=O)Nc1nnc(C(F)F)s1. The van der Waals surface area contributed by atoms with Crippen LogP contribution in [0, 0.1) is 0 Å². The molecule has 24 heavy (non-hydrogen) atoms. The van der Waals surface area contributed by atoms with Gasteiger partial charge in [0.15, 0.2) is 16.5 Å². The Labute approximate surface area is 141 Å². The van der Waals surface area contributed by atoms with Crippen LogP contribution in [0.2, 0.25) is 0 Å². The number of carbonyl (C=O) groups excluding carboxylic acids is 1. The van der Waals surface area contributed by atoms with Gasteiger partial charge in [0.1, 0.15) is 0 Å². The van der Waals surface area contributed by atoms with Crippen LogP contribution < -0.4 is 14.8 Å². The van der Waals surface area contributed by atoms with E-state index in [9.17, 15) is 13.6 Å². The van der Waals surface area contributed by atoms with Gasteiger partial charge in [-0.05, 0) is 25.5 Å². The second-order valence-corrected chi connectivity index (χ2v) is 5.64. The maximum Gasteiger partial charge on any atom is 0.291 e. The summed E-state index contributed by atoms with van der Waals surface area (Å²) in [6.07, 6.45) is -2.04. The molecule has 1 aromatic carbocycles. The van der Waals surface area contributed by atoms with Crippen LogP contribution in [0.3, 0.4) is 0 Å². The van der Waals surface area contributed by atoms with Gasteiger partial charge in [-0.15, -0.1) is 10.2 Å². The molecule has 0 bridgehead atoms. The summed E-state index contributed by atoms with van der Waals surface area (Å²) in [7, 11) is 0. The van der Waals surface area contributed by atoms with Crippen molar-refractivity contribution in [2.75, 3.05) is 18.5 Å². The topological polar surface area (TPSA) is 73.3 Å². The van der Waals surface area contributed by atoms with Crippen LogP contribution in [0.25, 0.3) is 0 Å². The van der Waals surface area contributed by atoms with Crippen molar-refractivity contribution in [2.45, 2.75) is 26.2 Å². The summed E-state index contributed by atoms with van der Waals surface area (Å²) in [6.45, 7) is 2.75. The van der Waals surface area contributed by atoms with E-state index in [1.165, 1.54) is 0 Å². The van der Waals surface area contributed by atoms with Gasteiger partial charge in [0, 0.05) is 6.42 Å². The number of rotatable bonds is 9. The number of hydrogen-bond acceptors (Lipinski definition) is 6. The molecule has 0 spiro atoms. The summed E-state index contributed by atoms with van der Waals surface area (Å²) in [5, 5.41) is 8.88. The number of aromatic nitrogens is 2. The van der Waals surface area contributed by atoms with Crippen molar-refractivity contribution in [3.8, 4) is 11.5 Å². The lowest BCUT2D eigenvalue weighted by Crippen LogP contribution is -2.12. The van der Waals surface area contributed by atoms with E-state index in [-0.39, 0.29) is 17.5 Å². The smallest absolute Gasteiger partial charge is 0.291 e. The molecule has 130 valence electrons. The van der Waals surface area contributed by atoms with E-state index in [2.05, 4.69) is 15.5 Å². The van der Waals surface area contributed by atoms with Gasteiger partial charge >= 0.3 is 0 Å². The molecule has 0 fully saturated rings. The van der Waals surface area contributed by atoms with Gasteiger partial charge < -0.3 is 14.8 Å². The summed E-state index contributed by atoms with van der Waals surface area (Å²) in [6, 6.07) is 7.28. The Balaban J connectivity index is 1.73. The minimum atomic E-state index is -2.69. The molecule has 1 amide bonds. The Hall–Kier alpha value is -2.29. The minimum absolute atomic E-state index is 0.0675. The van der Waals surface area contributed by atoms with Gasteiger partial charge in [-0.2, -0.15) is 0 Å². The fraction of sp³-hybridized carbons (Fsp3) is 0.400. The van der Waals surface area contributed by atoms with E-state index >= 15 is 0 Å². The number of anilines is 1. The monoisotopic (exact) mass is 357 g/mol.